The third kappa shape index (κ3) is 3.07. The first kappa shape index (κ1) is 14.7. The first-order chi connectivity index (χ1) is 9.52. The molecular weight excluding hydrogens is 252 g/mol. The van der Waals surface area contributed by atoms with Gasteiger partial charge in [-0.1, -0.05) is 30.7 Å². The highest BCUT2D eigenvalue weighted by molar-refractivity contribution is 6.01. The molecule has 1 saturated heterocycles. The molecule has 1 fully saturated rings. The minimum atomic E-state index is -0.0531. The predicted molar refractivity (Wildman–Crippen MR) is 78.3 cm³/mol. The monoisotopic (exact) mass is 274 g/mol. The summed E-state index contributed by atoms with van der Waals surface area (Å²) in [5.41, 5.74) is 3.56. The number of imide groups is 1. The molecule has 1 aromatic rings. The van der Waals surface area contributed by atoms with E-state index in [2.05, 4.69) is 37.4 Å². The van der Waals surface area contributed by atoms with Gasteiger partial charge < -0.3 is 5.32 Å². The van der Waals surface area contributed by atoms with E-state index >= 15 is 0 Å². The fourth-order valence-corrected chi connectivity index (χ4v) is 2.74. The summed E-state index contributed by atoms with van der Waals surface area (Å²) in [6, 6.07) is 6.29. The van der Waals surface area contributed by atoms with Crippen LogP contribution < -0.4 is 5.32 Å². The van der Waals surface area contributed by atoms with E-state index in [4.69, 9.17) is 0 Å². The van der Waals surface area contributed by atoms with Crippen molar-refractivity contribution < 1.29 is 9.59 Å². The molecule has 2 amide bonds. The molecule has 1 aliphatic rings. The van der Waals surface area contributed by atoms with Crippen LogP contribution in [0.15, 0.2) is 18.2 Å². The van der Waals surface area contributed by atoms with E-state index in [1.165, 1.54) is 16.0 Å². The van der Waals surface area contributed by atoms with Crippen LogP contribution >= 0.6 is 0 Å². The van der Waals surface area contributed by atoms with Gasteiger partial charge in [-0.05, 0) is 31.5 Å². The van der Waals surface area contributed by atoms with Crippen molar-refractivity contribution in [2.24, 2.45) is 0 Å². The average Bonchev–Trinajstić information content (AvgIpc) is 2.70. The Kier molecular flexibility index (Phi) is 4.55. The van der Waals surface area contributed by atoms with Gasteiger partial charge in [-0.3, -0.25) is 14.5 Å². The van der Waals surface area contributed by atoms with Gasteiger partial charge in [-0.15, -0.1) is 0 Å². The van der Waals surface area contributed by atoms with Crippen molar-refractivity contribution in [3.05, 3.63) is 34.9 Å². The number of hydrogen-bond donors (Lipinski definition) is 1. The van der Waals surface area contributed by atoms with Crippen molar-refractivity contribution in [3.63, 3.8) is 0 Å². The number of carbonyl (C=O) groups excluding carboxylic acids is 2. The smallest absolute Gasteiger partial charge is 0.229 e. The van der Waals surface area contributed by atoms with Crippen LogP contribution in [0.3, 0.4) is 0 Å². The fraction of sp³-hybridized carbons (Fsp3) is 0.500. The maximum atomic E-state index is 11.8. The minimum Gasteiger partial charge on any atom is -0.309 e. The molecule has 20 heavy (non-hydrogen) atoms. The van der Waals surface area contributed by atoms with Crippen molar-refractivity contribution >= 4 is 11.8 Å². The van der Waals surface area contributed by atoms with Crippen molar-refractivity contribution in [1.82, 2.24) is 10.2 Å². The molecule has 0 radical (unpaired) electrons. The highest BCUT2D eigenvalue weighted by Crippen LogP contribution is 2.22. The van der Waals surface area contributed by atoms with Gasteiger partial charge in [-0.2, -0.15) is 0 Å². The molecule has 4 nitrogen and oxygen atoms in total. The van der Waals surface area contributed by atoms with Crippen molar-refractivity contribution in [1.29, 1.82) is 0 Å². The van der Waals surface area contributed by atoms with Crippen LogP contribution in [0.25, 0.3) is 0 Å². The minimum absolute atomic E-state index is 0.00611. The molecule has 0 bridgehead atoms. The number of rotatable bonds is 5. The largest absolute Gasteiger partial charge is 0.309 e. The van der Waals surface area contributed by atoms with E-state index < -0.39 is 0 Å². The summed E-state index contributed by atoms with van der Waals surface area (Å²) in [6.45, 7) is 7.39. The van der Waals surface area contributed by atoms with E-state index in [1.54, 1.807) is 0 Å². The number of benzene rings is 1. The van der Waals surface area contributed by atoms with Crippen LogP contribution in [-0.4, -0.2) is 29.8 Å². The molecule has 1 aliphatic heterocycles. The first-order valence-corrected chi connectivity index (χ1v) is 7.16. The lowest BCUT2D eigenvalue weighted by Crippen LogP contribution is -2.38. The Morgan fingerprint density at radius 2 is 1.85 bits per heavy atom. The standard InChI is InChI=1S/C16H22N2O2/c1-4-17-14(10-18-15(19)7-8-16(18)20)13-6-5-11(2)9-12(13)3/h5-6,9,14,17H,4,7-8,10H2,1-3H3. The summed E-state index contributed by atoms with van der Waals surface area (Å²) >= 11 is 0. The summed E-state index contributed by atoms with van der Waals surface area (Å²) in [4.78, 5) is 24.9. The maximum absolute atomic E-state index is 11.8. The Bertz CT molecular complexity index is 509. The number of aryl methyl sites for hydroxylation is 2. The van der Waals surface area contributed by atoms with Crippen LogP contribution in [-0.2, 0) is 9.59 Å². The Morgan fingerprint density at radius 1 is 1.20 bits per heavy atom. The third-order valence-corrected chi connectivity index (χ3v) is 3.77. The number of likely N-dealkylation sites (tertiary alicyclic amines) is 1. The van der Waals surface area contributed by atoms with E-state index in [0.717, 1.165) is 12.1 Å². The van der Waals surface area contributed by atoms with E-state index in [-0.39, 0.29) is 17.9 Å². The molecule has 0 aliphatic carbocycles. The van der Waals surface area contributed by atoms with Crippen LogP contribution in [0.2, 0.25) is 0 Å². The summed E-state index contributed by atoms with van der Waals surface area (Å²) < 4.78 is 0. The number of nitrogens with zero attached hydrogens (tertiary/aromatic N) is 1. The van der Waals surface area contributed by atoms with Crippen LogP contribution in [0.1, 0.15) is 42.5 Å². The molecule has 1 unspecified atom stereocenters. The molecular formula is C16H22N2O2. The highest BCUT2D eigenvalue weighted by Gasteiger charge is 2.31. The van der Waals surface area contributed by atoms with E-state index in [0.29, 0.717) is 19.4 Å². The molecule has 2 rings (SSSR count). The Labute approximate surface area is 120 Å². The zero-order valence-electron chi connectivity index (χ0n) is 12.4. The summed E-state index contributed by atoms with van der Waals surface area (Å²) in [5.74, 6) is -0.106. The molecule has 1 atom stereocenters. The molecule has 0 aromatic heterocycles. The molecule has 1 aromatic carbocycles. The quantitative estimate of drug-likeness (QED) is 0.837. The third-order valence-electron chi connectivity index (χ3n) is 3.77. The number of amides is 2. The SMILES string of the molecule is CCNC(CN1C(=O)CCC1=O)c1ccc(C)cc1C. The molecule has 0 spiro atoms. The van der Waals surface area contributed by atoms with Gasteiger partial charge in [0, 0.05) is 19.4 Å². The Hall–Kier alpha value is -1.68. The Balaban J connectivity index is 2.22. The molecule has 1 heterocycles. The predicted octanol–water partition coefficient (Wildman–Crippen LogP) is 2.10. The van der Waals surface area contributed by atoms with Crippen molar-refractivity contribution in [2.75, 3.05) is 13.1 Å². The summed E-state index contributed by atoms with van der Waals surface area (Å²) in [6.07, 6.45) is 0.703. The maximum Gasteiger partial charge on any atom is 0.229 e. The molecule has 108 valence electrons. The van der Waals surface area contributed by atoms with Crippen molar-refractivity contribution in [3.8, 4) is 0 Å². The zero-order chi connectivity index (χ0) is 14.7. The van der Waals surface area contributed by atoms with E-state index in [9.17, 15) is 9.59 Å². The molecule has 4 heteroatoms. The highest BCUT2D eigenvalue weighted by atomic mass is 16.2. The molecule has 0 saturated carbocycles. The second-order valence-corrected chi connectivity index (χ2v) is 5.37. The van der Waals surface area contributed by atoms with Crippen molar-refractivity contribution in [2.45, 2.75) is 39.7 Å². The van der Waals surface area contributed by atoms with E-state index in [1.807, 2.05) is 6.92 Å². The Morgan fingerprint density at radius 3 is 2.40 bits per heavy atom. The number of nitrogens with one attached hydrogen (secondary N) is 1. The van der Waals surface area contributed by atoms with Crippen LogP contribution in [0, 0.1) is 13.8 Å². The number of likely N-dealkylation sites (N-methyl/N-ethyl adjacent to an activating group) is 1. The van der Waals surface area contributed by atoms with Gasteiger partial charge in [0.1, 0.15) is 0 Å². The zero-order valence-corrected chi connectivity index (χ0v) is 12.4. The lowest BCUT2D eigenvalue weighted by Gasteiger charge is -2.25. The van der Waals surface area contributed by atoms with Gasteiger partial charge in [0.25, 0.3) is 0 Å². The van der Waals surface area contributed by atoms with Gasteiger partial charge in [0.05, 0.1) is 6.04 Å². The van der Waals surface area contributed by atoms with Crippen LogP contribution in [0.4, 0.5) is 0 Å². The van der Waals surface area contributed by atoms with Gasteiger partial charge in [0.15, 0.2) is 0 Å². The van der Waals surface area contributed by atoms with Gasteiger partial charge in [0.2, 0.25) is 11.8 Å². The second kappa shape index (κ2) is 6.18. The van der Waals surface area contributed by atoms with Gasteiger partial charge in [-0.25, -0.2) is 0 Å². The molecule has 1 N–H and O–H groups in total. The topological polar surface area (TPSA) is 49.4 Å². The normalized spacial score (nSPS) is 16.9. The van der Waals surface area contributed by atoms with Gasteiger partial charge >= 0.3 is 0 Å². The van der Waals surface area contributed by atoms with Crippen LogP contribution in [0.5, 0.6) is 0 Å². The summed E-state index contributed by atoms with van der Waals surface area (Å²) in [7, 11) is 0. The average molecular weight is 274 g/mol. The summed E-state index contributed by atoms with van der Waals surface area (Å²) in [5, 5.41) is 3.38. The first-order valence-electron chi connectivity index (χ1n) is 7.16. The lowest BCUT2D eigenvalue weighted by atomic mass is 9.98. The lowest BCUT2D eigenvalue weighted by molar-refractivity contribution is -0.138. The second-order valence-electron chi connectivity index (χ2n) is 5.37. The number of hydrogen-bond acceptors (Lipinski definition) is 3. The number of carbonyl (C=O) groups is 2. The fourth-order valence-electron chi connectivity index (χ4n) is 2.74.